The fourth-order valence-electron chi connectivity index (χ4n) is 2.73. The van der Waals surface area contributed by atoms with Gasteiger partial charge < -0.3 is 5.32 Å². The third kappa shape index (κ3) is 2.57. The molecule has 1 aliphatic heterocycles. The van der Waals surface area contributed by atoms with Crippen LogP contribution in [-0.2, 0) is 14.8 Å². The molecular weight excluding hydrogens is 312 g/mol. The van der Waals surface area contributed by atoms with Crippen LogP contribution in [0, 0.1) is 5.92 Å². The highest BCUT2D eigenvalue weighted by atomic mass is 32.2. The third-order valence-corrected chi connectivity index (χ3v) is 6.16. The Labute approximate surface area is 136 Å². The number of benzene rings is 2. The molecule has 0 fully saturated rings. The van der Waals surface area contributed by atoms with Gasteiger partial charge in [0.15, 0.2) is 0 Å². The van der Waals surface area contributed by atoms with Crippen molar-refractivity contribution in [2.24, 2.45) is 5.92 Å². The molecule has 0 saturated carbocycles. The third-order valence-electron chi connectivity index (χ3n) is 4.36. The first-order chi connectivity index (χ1) is 10.8. The van der Waals surface area contributed by atoms with Crippen molar-refractivity contribution in [3.05, 3.63) is 36.4 Å². The highest BCUT2D eigenvalue weighted by molar-refractivity contribution is 7.93. The molecule has 3 rings (SSSR count). The normalized spacial score (nSPS) is 16.8. The van der Waals surface area contributed by atoms with Crippen molar-refractivity contribution in [3.63, 3.8) is 0 Å². The average Bonchev–Trinajstić information content (AvgIpc) is 2.71. The zero-order chi connectivity index (χ0) is 16.8. The number of hydrogen-bond donors (Lipinski definition) is 1. The maximum Gasteiger partial charge on any atom is 0.265 e. The Bertz CT molecular complexity index is 869. The molecule has 0 saturated heterocycles. The molecule has 0 aliphatic carbocycles. The molecule has 0 aromatic heterocycles. The van der Waals surface area contributed by atoms with Gasteiger partial charge in [-0.2, -0.15) is 0 Å². The van der Waals surface area contributed by atoms with E-state index in [-0.39, 0.29) is 29.3 Å². The van der Waals surface area contributed by atoms with Crippen LogP contribution in [0.1, 0.15) is 20.8 Å². The molecule has 5 nitrogen and oxygen atoms in total. The Morgan fingerprint density at radius 2 is 1.78 bits per heavy atom. The van der Waals surface area contributed by atoms with Gasteiger partial charge in [-0.3, -0.25) is 9.10 Å². The fraction of sp³-hybridized carbons (Fsp3) is 0.353. The van der Waals surface area contributed by atoms with Crippen LogP contribution in [0.15, 0.2) is 41.3 Å². The van der Waals surface area contributed by atoms with E-state index in [0.29, 0.717) is 11.1 Å². The minimum Gasteiger partial charge on any atom is -0.352 e. The van der Waals surface area contributed by atoms with Gasteiger partial charge in [0.2, 0.25) is 5.91 Å². The SMILES string of the molecule is CC(C)C(C)NC(=O)CN1c2cccc3cccc(c23)S1(=O)=O. The summed E-state index contributed by atoms with van der Waals surface area (Å²) < 4.78 is 26.7. The van der Waals surface area contributed by atoms with Crippen LogP contribution in [0.5, 0.6) is 0 Å². The summed E-state index contributed by atoms with van der Waals surface area (Å²) in [7, 11) is -3.68. The van der Waals surface area contributed by atoms with Crippen LogP contribution in [0.2, 0.25) is 0 Å². The predicted octanol–water partition coefficient (Wildman–Crippen LogP) is 2.51. The minimum absolute atomic E-state index is 0.00836. The van der Waals surface area contributed by atoms with Gasteiger partial charge in [-0.05, 0) is 30.4 Å². The van der Waals surface area contributed by atoms with Crippen LogP contribution in [0.4, 0.5) is 5.69 Å². The minimum atomic E-state index is -3.68. The molecule has 1 aliphatic rings. The van der Waals surface area contributed by atoms with Crippen molar-refractivity contribution in [2.75, 3.05) is 10.8 Å². The Hall–Kier alpha value is -2.08. The second-order valence-corrected chi connectivity index (χ2v) is 8.07. The monoisotopic (exact) mass is 332 g/mol. The van der Waals surface area contributed by atoms with Gasteiger partial charge >= 0.3 is 0 Å². The number of anilines is 1. The lowest BCUT2D eigenvalue weighted by atomic mass is 10.1. The van der Waals surface area contributed by atoms with Gasteiger partial charge in [0.1, 0.15) is 6.54 Å². The Morgan fingerprint density at radius 1 is 1.13 bits per heavy atom. The lowest BCUT2D eigenvalue weighted by molar-refractivity contribution is -0.120. The van der Waals surface area contributed by atoms with E-state index in [4.69, 9.17) is 0 Å². The van der Waals surface area contributed by atoms with Crippen molar-refractivity contribution >= 4 is 32.4 Å². The van der Waals surface area contributed by atoms with Crippen molar-refractivity contribution in [1.29, 1.82) is 0 Å². The van der Waals surface area contributed by atoms with Gasteiger partial charge in [0.05, 0.1) is 10.6 Å². The first-order valence-corrected chi connectivity index (χ1v) is 9.10. The Morgan fingerprint density at radius 3 is 2.43 bits per heavy atom. The van der Waals surface area contributed by atoms with Gasteiger partial charge in [-0.15, -0.1) is 0 Å². The quantitative estimate of drug-likeness (QED) is 0.935. The number of carbonyl (C=O) groups is 1. The van der Waals surface area contributed by atoms with E-state index in [1.165, 1.54) is 4.31 Å². The summed E-state index contributed by atoms with van der Waals surface area (Å²) in [6, 6.07) is 10.6. The van der Waals surface area contributed by atoms with E-state index in [9.17, 15) is 13.2 Å². The number of nitrogens with zero attached hydrogens (tertiary/aromatic N) is 1. The van der Waals surface area contributed by atoms with Gasteiger partial charge in [-0.25, -0.2) is 8.42 Å². The van der Waals surface area contributed by atoms with Gasteiger partial charge in [-0.1, -0.05) is 38.1 Å². The molecule has 2 aromatic rings. The van der Waals surface area contributed by atoms with Crippen LogP contribution >= 0.6 is 0 Å². The highest BCUT2D eigenvalue weighted by Gasteiger charge is 2.36. The zero-order valence-corrected chi connectivity index (χ0v) is 14.2. The summed E-state index contributed by atoms with van der Waals surface area (Å²) in [5, 5.41) is 4.41. The van der Waals surface area contributed by atoms with E-state index in [2.05, 4.69) is 5.32 Å². The molecule has 0 bridgehead atoms. The molecule has 122 valence electrons. The molecule has 2 aromatic carbocycles. The summed E-state index contributed by atoms with van der Waals surface area (Å²) in [6.45, 7) is 5.73. The lowest BCUT2D eigenvalue weighted by Crippen LogP contribution is -2.43. The summed E-state index contributed by atoms with van der Waals surface area (Å²) in [4.78, 5) is 12.5. The van der Waals surface area contributed by atoms with Crippen molar-refractivity contribution in [3.8, 4) is 0 Å². The fourth-order valence-corrected chi connectivity index (χ4v) is 4.39. The van der Waals surface area contributed by atoms with E-state index in [1.807, 2.05) is 39.0 Å². The molecule has 0 spiro atoms. The van der Waals surface area contributed by atoms with Crippen LogP contribution < -0.4 is 9.62 Å². The second-order valence-electron chi connectivity index (χ2n) is 6.24. The Balaban J connectivity index is 1.96. The van der Waals surface area contributed by atoms with Crippen LogP contribution in [0.3, 0.4) is 0 Å². The summed E-state index contributed by atoms with van der Waals surface area (Å²) in [5.74, 6) is -0.00523. The summed E-state index contributed by atoms with van der Waals surface area (Å²) in [6.07, 6.45) is 0. The topological polar surface area (TPSA) is 66.5 Å². The lowest BCUT2D eigenvalue weighted by Gasteiger charge is -2.22. The summed E-state index contributed by atoms with van der Waals surface area (Å²) >= 11 is 0. The van der Waals surface area contributed by atoms with E-state index in [0.717, 1.165) is 5.39 Å². The molecule has 23 heavy (non-hydrogen) atoms. The molecule has 0 radical (unpaired) electrons. The maximum absolute atomic E-state index is 12.8. The van der Waals surface area contributed by atoms with E-state index in [1.54, 1.807) is 18.2 Å². The predicted molar refractivity (Wildman–Crippen MR) is 90.9 cm³/mol. The molecule has 1 unspecified atom stereocenters. The highest BCUT2D eigenvalue weighted by Crippen LogP contribution is 2.41. The van der Waals surface area contributed by atoms with Crippen molar-refractivity contribution < 1.29 is 13.2 Å². The number of amides is 1. The number of rotatable bonds is 4. The van der Waals surface area contributed by atoms with Crippen molar-refractivity contribution in [2.45, 2.75) is 31.7 Å². The van der Waals surface area contributed by atoms with Crippen LogP contribution in [0.25, 0.3) is 10.8 Å². The van der Waals surface area contributed by atoms with E-state index < -0.39 is 10.0 Å². The largest absolute Gasteiger partial charge is 0.352 e. The molecule has 1 heterocycles. The van der Waals surface area contributed by atoms with Gasteiger partial charge in [0.25, 0.3) is 10.0 Å². The molecule has 1 amide bonds. The number of carbonyl (C=O) groups excluding carboxylic acids is 1. The van der Waals surface area contributed by atoms with Crippen molar-refractivity contribution in [1.82, 2.24) is 5.32 Å². The molecule has 1 N–H and O–H groups in total. The standard InChI is InChI=1S/C17H20N2O3S/c1-11(2)12(3)18-16(20)10-19-14-8-4-6-13-7-5-9-15(17(13)14)23(19,21)22/h4-9,11-12H,10H2,1-3H3,(H,18,20). The molecule has 1 atom stereocenters. The first-order valence-electron chi connectivity index (χ1n) is 7.66. The van der Waals surface area contributed by atoms with E-state index >= 15 is 0 Å². The molecular formula is C17H20N2O3S. The van der Waals surface area contributed by atoms with Crippen LogP contribution in [-0.4, -0.2) is 26.9 Å². The number of hydrogen-bond acceptors (Lipinski definition) is 3. The molecule has 6 heteroatoms. The maximum atomic E-state index is 12.8. The second kappa shape index (κ2) is 5.53. The summed E-state index contributed by atoms with van der Waals surface area (Å²) in [5.41, 5.74) is 0.574. The zero-order valence-electron chi connectivity index (χ0n) is 13.4. The number of sulfonamides is 1. The number of nitrogens with one attached hydrogen (secondary N) is 1. The average molecular weight is 332 g/mol. The first kappa shape index (κ1) is 15.8. The Kier molecular flexibility index (Phi) is 3.80. The smallest absolute Gasteiger partial charge is 0.265 e. The van der Waals surface area contributed by atoms with Gasteiger partial charge in [0, 0.05) is 11.4 Å².